The summed E-state index contributed by atoms with van der Waals surface area (Å²) in [5.74, 6) is 1.47. The second-order valence-electron chi connectivity index (χ2n) is 4.74. The molecule has 1 aliphatic rings. The third-order valence-corrected chi connectivity index (χ3v) is 3.90. The van der Waals surface area contributed by atoms with E-state index in [0.29, 0.717) is 27.6 Å². The van der Waals surface area contributed by atoms with Gasteiger partial charge in [0.1, 0.15) is 12.0 Å². The van der Waals surface area contributed by atoms with E-state index in [4.69, 9.17) is 32.4 Å². The van der Waals surface area contributed by atoms with Gasteiger partial charge in [-0.25, -0.2) is 4.98 Å². The van der Waals surface area contributed by atoms with Crippen LogP contribution in [-0.2, 0) is 0 Å². The average Bonchev–Trinajstić information content (AvgIpc) is 3.11. The minimum atomic E-state index is -0.251. The van der Waals surface area contributed by atoms with Gasteiger partial charge >= 0.3 is 0 Å². The van der Waals surface area contributed by atoms with Gasteiger partial charge in [0.25, 0.3) is 0 Å². The summed E-state index contributed by atoms with van der Waals surface area (Å²) in [7, 11) is 0. The first-order valence-corrected chi connectivity index (χ1v) is 7.21. The Labute approximate surface area is 127 Å². The van der Waals surface area contributed by atoms with Gasteiger partial charge in [-0.2, -0.15) is 0 Å². The lowest BCUT2D eigenvalue weighted by Gasteiger charge is -2.22. The van der Waals surface area contributed by atoms with Crippen LogP contribution in [0.25, 0.3) is 0 Å². The fraction of sp³-hybridized carbons (Fsp3) is 0.357. The first-order valence-electron chi connectivity index (χ1n) is 6.46. The molecule has 0 saturated carbocycles. The Balaban J connectivity index is 1.86. The van der Waals surface area contributed by atoms with Crippen molar-refractivity contribution in [3.8, 4) is 5.75 Å². The molecule has 3 rings (SSSR count). The van der Waals surface area contributed by atoms with Crippen LogP contribution in [0.5, 0.6) is 5.75 Å². The molecule has 0 spiro atoms. The molecule has 0 unspecified atom stereocenters. The molecule has 2 heterocycles. The van der Waals surface area contributed by atoms with Crippen molar-refractivity contribution in [1.82, 2.24) is 10.3 Å². The van der Waals surface area contributed by atoms with Gasteiger partial charge in [0.05, 0.1) is 11.2 Å². The zero-order valence-corrected chi connectivity index (χ0v) is 12.2. The van der Waals surface area contributed by atoms with E-state index in [1.165, 1.54) is 0 Å². The maximum Gasteiger partial charge on any atom is 0.235 e. The lowest BCUT2D eigenvalue weighted by Crippen LogP contribution is -2.21. The van der Waals surface area contributed by atoms with E-state index < -0.39 is 0 Å². The first kappa shape index (κ1) is 13.7. The molecule has 6 heteroatoms. The topological polar surface area (TPSA) is 47.3 Å². The molecule has 1 N–H and O–H groups in total. The lowest BCUT2D eigenvalue weighted by atomic mass is 10.0. The van der Waals surface area contributed by atoms with Gasteiger partial charge in [-0.15, -0.1) is 0 Å². The van der Waals surface area contributed by atoms with E-state index in [1.54, 1.807) is 30.7 Å². The number of benzene rings is 1. The Bertz CT molecular complexity index is 569. The molecule has 1 fully saturated rings. The van der Waals surface area contributed by atoms with Crippen molar-refractivity contribution in [3.63, 3.8) is 0 Å². The fourth-order valence-corrected chi connectivity index (χ4v) is 2.82. The SMILES string of the molecule is Clc1ccc(O[C@H](c2ncco2)[C@@H]2CCNC2)c(Cl)c1. The van der Waals surface area contributed by atoms with Crippen LogP contribution in [0.2, 0.25) is 10.0 Å². The van der Waals surface area contributed by atoms with Crippen LogP contribution in [0.3, 0.4) is 0 Å². The number of oxazole rings is 1. The van der Waals surface area contributed by atoms with Gasteiger partial charge in [0, 0.05) is 17.5 Å². The lowest BCUT2D eigenvalue weighted by molar-refractivity contribution is 0.114. The molecule has 2 atom stereocenters. The predicted octanol–water partition coefficient (Wildman–Crippen LogP) is 3.71. The minimum absolute atomic E-state index is 0.251. The molecule has 0 amide bonds. The summed E-state index contributed by atoms with van der Waals surface area (Å²) in [6.07, 6.45) is 3.94. The normalized spacial score (nSPS) is 20.0. The average molecular weight is 313 g/mol. The van der Waals surface area contributed by atoms with Crippen molar-refractivity contribution in [2.75, 3.05) is 13.1 Å². The van der Waals surface area contributed by atoms with E-state index >= 15 is 0 Å². The molecular weight excluding hydrogens is 299 g/mol. The Hall–Kier alpha value is -1.23. The van der Waals surface area contributed by atoms with Crippen LogP contribution >= 0.6 is 23.2 Å². The zero-order valence-electron chi connectivity index (χ0n) is 10.7. The number of nitrogens with one attached hydrogen (secondary N) is 1. The number of nitrogens with zero attached hydrogens (tertiary/aromatic N) is 1. The summed E-state index contributed by atoms with van der Waals surface area (Å²) in [5, 5.41) is 4.39. The third kappa shape index (κ3) is 2.92. The monoisotopic (exact) mass is 312 g/mol. The van der Waals surface area contributed by atoms with Gasteiger partial charge in [0.15, 0.2) is 6.10 Å². The number of rotatable bonds is 4. The molecule has 0 aliphatic carbocycles. The van der Waals surface area contributed by atoms with Crippen LogP contribution in [-0.4, -0.2) is 18.1 Å². The number of hydrogen-bond donors (Lipinski definition) is 1. The largest absolute Gasteiger partial charge is 0.479 e. The molecule has 0 radical (unpaired) electrons. The van der Waals surface area contributed by atoms with E-state index in [2.05, 4.69) is 10.3 Å². The quantitative estimate of drug-likeness (QED) is 0.935. The van der Waals surface area contributed by atoms with Crippen molar-refractivity contribution in [2.45, 2.75) is 12.5 Å². The van der Waals surface area contributed by atoms with Crippen LogP contribution in [0, 0.1) is 5.92 Å². The summed E-state index contributed by atoms with van der Waals surface area (Å²) in [6, 6.07) is 5.18. The molecule has 0 bridgehead atoms. The van der Waals surface area contributed by atoms with Crippen LogP contribution in [0.4, 0.5) is 0 Å². The van der Waals surface area contributed by atoms with E-state index in [1.807, 2.05) is 0 Å². The maximum absolute atomic E-state index is 6.17. The summed E-state index contributed by atoms with van der Waals surface area (Å²) in [5.41, 5.74) is 0. The molecule has 20 heavy (non-hydrogen) atoms. The van der Waals surface area contributed by atoms with Crippen LogP contribution < -0.4 is 10.1 Å². The minimum Gasteiger partial charge on any atom is -0.479 e. The standard InChI is InChI=1S/C14H14Cl2N2O2/c15-10-1-2-12(11(16)7-10)20-13(9-3-4-17-8-9)14-18-5-6-19-14/h1-2,5-7,9,13,17H,3-4,8H2/t9-,13+/m1/s1. The highest BCUT2D eigenvalue weighted by Gasteiger charge is 2.31. The van der Waals surface area contributed by atoms with Gasteiger partial charge in [-0.1, -0.05) is 23.2 Å². The first-order chi connectivity index (χ1) is 9.74. The Morgan fingerprint density at radius 2 is 2.30 bits per heavy atom. The summed E-state index contributed by atoms with van der Waals surface area (Å²) in [4.78, 5) is 4.22. The van der Waals surface area contributed by atoms with E-state index in [9.17, 15) is 0 Å². The molecule has 1 aromatic heterocycles. The van der Waals surface area contributed by atoms with Gasteiger partial charge in [0.2, 0.25) is 5.89 Å². The molecule has 1 saturated heterocycles. The van der Waals surface area contributed by atoms with Crippen LogP contribution in [0.15, 0.2) is 35.1 Å². The van der Waals surface area contributed by atoms with Gasteiger partial charge in [-0.05, 0) is 31.2 Å². The maximum atomic E-state index is 6.17. The van der Waals surface area contributed by atoms with E-state index in [-0.39, 0.29) is 6.10 Å². The Kier molecular flexibility index (Phi) is 4.15. The predicted molar refractivity (Wildman–Crippen MR) is 77.3 cm³/mol. The van der Waals surface area contributed by atoms with Crippen molar-refractivity contribution in [1.29, 1.82) is 0 Å². The molecule has 4 nitrogen and oxygen atoms in total. The smallest absolute Gasteiger partial charge is 0.235 e. The van der Waals surface area contributed by atoms with Crippen molar-refractivity contribution < 1.29 is 9.15 Å². The van der Waals surface area contributed by atoms with Crippen LogP contribution in [0.1, 0.15) is 18.4 Å². The highest BCUT2D eigenvalue weighted by molar-refractivity contribution is 6.35. The highest BCUT2D eigenvalue weighted by atomic mass is 35.5. The molecule has 1 aliphatic heterocycles. The zero-order chi connectivity index (χ0) is 13.9. The second kappa shape index (κ2) is 6.04. The number of halogens is 2. The Morgan fingerprint density at radius 3 is 2.95 bits per heavy atom. The number of ether oxygens (including phenoxy) is 1. The molecule has 2 aromatic rings. The number of hydrogen-bond acceptors (Lipinski definition) is 4. The summed E-state index contributed by atoms with van der Waals surface area (Å²) in [6.45, 7) is 1.85. The van der Waals surface area contributed by atoms with Crippen molar-refractivity contribution in [2.24, 2.45) is 5.92 Å². The molecule has 106 valence electrons. The van der Waals surface area contributed by atoms with Crippen molar-refractivity contribution >= 4 is 23.2 Å². The highest BCUT2D eigenvalue weighted by Crippen LogP contribution is 2.35. The second-order valence-corrected chi connectivity index (χ2v) is 5.58. The van der Waals surface area contributed by atoms with E-state index in [0.717, 1.165) is 19.5 Å². The van der Waals surface area contributed by atoms with Gasteiger partial charge in [-0.3, -0.25) is 0 Å². The Morgan fingerprint density at radius 1 is 1.40 bits per heavy atom. The van der Waals surface area contributed by atoms with Gasteiger partial charge < -0.3 is 14.5 Å². The summed E-state index contributed by atoms with van der Waals surface area (Å²) < 4.78 is 11.5. The molecule has 1 aromatic carbocycles. The molecular formula is C14H14Cl2N2O2. The van der Waals surface area contributed by atoms with Crippen molar-refractivity contribution in [3.05, 3.63) is 46.6 Å². The summed E-state index contributed by atoms with van der Waals surface area (Å²) >= 11 is 12.1. The number of aromatic nitrogens is 1. The third-order valence-electron chi connectivity index (χ3n) is 3.37. The fourth-order valence-electron chi connectivity index (χ4n) is 2.37.